The molecular formula is C24H27N7O. The molecule has 1 saturated carbocycles. The molecule has 1 amide bonds. The van der Waals surface area contributed by atoms with E-state index in [1.54, 1.807) is 23.3 Å². The van der Waals surface area contributed by atoms with E-state index < -0.39 is 0 Å². The van der Waals surface area contributed by atoms with Crippen molar-refractivity contribution in [3.63, 3.8) is 0 Å². The molecule has 0 unspecified atom stereocenters. The summed E-state index contributed by atoms with van der Waals surface area (Å²) >= 11 is 0. The molecule has 6 rings (SSSR count). The van der Waals surface area contributed by atoms with Gasteiger partial charge in [-0.1, -0.05) is 6.07 Å². The third-order valence-corrected chi connectivity index (χ3v) is 7.26. The number of hydrogen-bond acceptors (Lipinski definition) is 6. The van der Waals surface area contributed by atoms with Crippen LogP contribution in [0.4, 0.5) is 11.6 Å². The number of nitrogens with zero attached hydrogens (tertiary/aromatic N) is 5. The van der Waals surface area contributed by atoms with Crippen LogP contribution >= 0.6 is 0 Å². The second kappa shape index (κ2) is 7.32. The fourth-order valence-corrected chi connectivity index (χ4v) is 5.13. The van der Waals surface area contributed by atoms with Crippen molar-refractivity contribution in [2.24, 2.45) is 5.41 Å². The van der Waals surface area contributed by atoms with E-state index in [1.807, 2.05) is 12.3 Å². The van der Waals surface area contributed by atoms with E-state index in [1.165, 1.54) is 19.3 Å². The summed E-state index contributed by atoms with van der Waals surface area (Å²) < 4.78 is 1.78. The van der Waals surface area contributed by atoms with Gasteiger partial charge in [-0.3, -0.25) is 9.48 Å². The summed E-state index contributed by atoms with van der Waals surface area (Å²) in [5.41, 5.74) is 10.3. The van der Waals surface area contributed by atoms with E-state index in [2.05, 4.69) is 37.4 Å². The Morgan fingerprint density at radius 2 is 2.09 bits per heavy atom. The van der Waals surface area contributed by atoms with Gasteiger partial charge in [-0.05, 0) is 66.3 Å². The van der Waals surface area contributed by atoms with Gasteiger partial charge in [-0.2, -0.15) is 5.10 Å². The Morgan fingerprint density at radius 1 is 1.19 bits per heavy atom. The fourth-order valence-electron chi connectivity index (χ4n) is 5.13. The van der Waals surface area contributed by atoms with E-state index in [0.29, 0.717) is 23.3 Å². The number of fused-ring (bicyclic) bond motifs is 1. The molecule has 2 aliphatic carbocycles. The highest BCUT2D eigenvalue weighted by atomic mass is 16.1. The SMILES string of the molecule is Nc1nccc2c1CC[C@H]2NC(=O)c1cnn(Cc2ccc(N3CCC4(CC4)C3)nc2)c1. The maximum absolute atomic E-state index is 12.8. The highest BCUT2D eigenvalue weighted by molar-refractivity contribution is 5.94. The van der Waals surface area contributed by atoms with E-state index in [-0.39, 0.29) is 11.9 Å². The number of aromatic nitrogens is 4. The van der Waals surface area contributed by atoms with E-state index >= 15 is 0 Å². The van der Waals surface area contributed by atoms with Crippen LogP contribution < -0.4 is 16.0 Å². The molecule has 0 aromatic carbocycles. The van der Waals surface area contributed by atoms with Gasteiger partial charge in [0.15, 0.2) is 0 Å². The molecule has 3 aliphatic rings. The zero-order valence-corrected chi connectivity index (χ0v) is 18.0. The monoisotopic (exact) mass is 429 g/mol. The lowest BCUT2D eigenvalue weighted by molar-refractivity contribution is 0.0936. The first-order chi connectivity index (χ1) is 15.6. The van der Waals surface area contributed by atoms with Crippen molar-refractivity contribution in [3.8, 4) is 0 Å². The van der Waals surface area contributed by atoms with Crippen LogP contribution in [0.15, 0.2) is 43.0 Å². The van der Waals surface area contributed by atoms with Crippen LogP contribution in [-0.2, 0) is 13.0 Å². The number of carbonyl (C=O) groups excluding carboxylic acids is 1. The molecule has 8 heteroatoms. The Balaban J connectivity index is 1.09. The van der Waals surface area contributed by atoms with E-state index in [4.69, 9.17) is 5.73 Å². The normalized spacial score (nSPS) is 20.5. The van der Waals surface area contributed by atoms with Gasteiger partial charge in [0.2, 0.25) is 0 Å². The molecule has 3 aromatic rings. The molecule has 32 heavy (non-hydrogen) atoms. The number of rotatable bonds is 5. The molecule has 1 aliphatic heterocycles. The van der Waals surface area contributed by atoms with Crippen LogP contribution in [0.5, 0.6) is 0 Å². The molecule has 3 aromatic heterocycles. The molecule has 4 heterocycles. The average Bonchev–Trinajstić information content (AvgIpc) is 3.13. The Bertz CT molecular complexity index is 1170. The van der Waals surface area contributed by atoms with Crippen molar-refractivity contribution in [3.05, 3.63) is 65.2 Å². The zero-order valence-electron chi connectivity index (χ0n) is 18.0. The maximum atomic E-state index is 12.8. The lowest BCUT2D eigenvalue weighted by atomic mass is 10.1. The molecule has 1 saturated heterocycles. The second-order valence-electron chi connectivity index (χ2n) is 9.45. The van der Waals surface area contributed by atoms with Gasteiger partial charge >= 0.3 is 0 Å². The number of carbonyl (C=O) groups is 1. The third-order valence-electron chi connectivity index (χ3n) is 7.26. The van der Waals surface area contributed by atoms with Crippen molar-refractivity contribution in [2.45, 2.75) is 44.7 Å². The van der Waals surface area contributed by atoms with Crippen molar-refractivity contribution in [1.82, 2.24) is 25.1 Å². The number of hydrogen-bond donors (Lipinski definition) is 2. The molecular weight excluding hydrogens is 402 g/mol. The first-order valence-electron chi connectivity index (χ1n) is 11.4. The average molecular weight is 430 g/mol. The number of amides is 1. The summed E-state index contributed by atoms with van der Waals surface area (Å²) in [6.45, 7) is 2.84. The Labute approximate surface area is 186 Å². The quantitative estimate of drug-likeness (QED) is 0.647. The van der Waals surface area contributed by atoms with Crippen LogP contribution in [0.3, 0.4) is 0 Å². The zero-order chi connectivity index (χ0) is 21.7. The lowest BCUT2D eigenvalue weighted by Crippen LogP contribution is -2.26. The molecule has 164 valence electrons. The minimum Gasteiger partial charge on any atom is -0.383 e. The van der Waals surface area contributed by atoms with Crippen LogP contribution in [-0.4, -0.2) is 38.7 Å². The number of nitrogens with one attached hydrogen (secondary N) is 1. The van der Waals surface area contributed by atoms with E-state index in [0.717, 1.165) is 48.4 Å². The Morgan fingerprint density at radius 3 is 2.88 bits per heavy atom. The van der Waals surface area contributed by atoms with E-state index in [9.17, 15) is 4.79 Å². The van der Waals surface area contributed by atoms with Gasteiger partial charge in [0.25, 0.3) is 5.91 Å². The first kappa shape index (κ1) is 19.3. The topological polar surface area (TPSA) is 102 Å². The smallest absolute Gasteiger partial charge is 0.254 e. The van der Waals surface area contributed by atoms with Crippen molar-refractivity contribution in [1.29, 1.82) is 0 Å². The lowest BCUT2D eigenvalue weighted by Gasteiger charge is -2.17. The van der Waals surface area contributed by atoms with Crippen LogP contribution in [0, 0.1) is 5.41 Å². The predicted octanol–water partition coefficient (Wildman–Crippen LogP) is 2.71. The molecule has 1 atom stereocenters. The summed E-state index contributed by atoms with van der Waals surface area (Å²) in [4.78, 5) is 24.0. The van der Waals surface area contributed by atoms with Gasteiger partial charge < -0.3 is 16.0 Å². The van der Waals surface area contributed by atoms with Crippen LogP contribution in [0.2, 0.25) is 0 Å². The van der Waals surface area contributed by atoms with Gasteiger partial charge in [0, 0.05) is 31.7 Å². The molecule has 2 fully saturated rings. The predicted molar refractivity (Wildman–Crippen MR) is 121 cm³/mol. The molecule has 3 N–H and O–H groups in total. The van der Waals surface area contributed by atoms with Gasteiger partial charge in [-0.25, -0.2) is 9.97 Å². The maximum Gasteiger partial charge on any atom is 0.254 e. The van der Waals surface area contributed by atoms with Crippen molar-refractivity contribution in [2.75, 3.05) is 23.7 Å². The summed E-state index contributed by atoms with van der Waals surface area (Å²) in [6, 6.07) is 6.11. The number of anilines is 2. The van der Waals surface area contributed by atoms with Crippen molar-refractivity contribution < 1.29 is 4.79 Å². The number of nitrogens with two attached hydrogens (primary N) is 1. The first-order valence-corrected chi connectivity index (χ1v) is 11.4. The fraction of sp³-hybridized carbons (Fsp3) is 0.417. The van der Waals surface area contributed by atoms with Crippen LogP contribution in [0.25, 0.3) is 0 Å². The summed E-state index contributed by atoms with van der Waals surface area (Å²) in [5.74, 6) is 1.50. The minimum atomic E-state index is -0.124. The Kier molecular flexibility index (Phi) is 4.41. The standard InChI is InChI=1S/C24H27N7O/c25-22-19-2-3-20(18(19)5-9-26-22)29-23(32)17-12-28-31(14-17)13-16-1-4-21(27-11-16)30-10-8-24(15-30)6-7-24/h1,4-5,9,11-12,14,20H,2-3,6-8,10,13,15H2,(H2,25,26)(H,29,32)/t20-/m1/s1. The van der Waals surface area contributed by atoms with Gasteiger partial charge in [0.1, 0.15) is 11.6 Å². The highest BCUT2D eigenvalue weighted by Gasteiger charge is 2.47. The molecule has 0 bridgehead atoms. The summed E-state index contributed by atoms with van der Waals surface area (Å²) in [7, 11) is 0. The highest BCUT2D eigenvalue weighted by Crippen LogP contribution is 2.53. The minimum absolute atomic E-state index is 0.0386. The second-order valence-corrected chi connectivity index (χ2v) is 9.45. The van der Waals surface area contributed by atoms with Gasteiger partial charge in [-0.15, -0.1) is 0 Å². The Hall–Kier alpha value is -3.42. The number of nitrogen functional groups attached to an aromatic ring is 1. The number of pyridine rings is 2. The molecule has 1 spiro atoms. The molecule has 8 nitrogen and oxygen atoms in total. The van der Waals surface area contributed by atoms with Crippen LogP contribution in [0.1, 0.15) is 58.8 Å². The van der Waals surface area contributed by atoms with Crippen molar-refractivity contribution >= 4 is 17.5 Å². The largest absolute Gasteiger partial charge is 0.383 e. The van der Waals surface area contributed by atoms with Gasteiger partial charge in [0.05, 0.1) is 24.3 Å². The summed E-state index contributed by atoms with van der Waals surface area (Å²) in [6.07, 6.45) is 12.7. The summed E-state index contributed by atoms with van der Waals surface area (Å²) in [5, 5.41) is 7.49. The third kappa shape index (κ3) is 3.49. The molecule has 0 radical (unpaired) electrons.